The summed E-state index contributed by atoms with van der Waals surface area (Å²) in [6, 6.07) is 16.9. The first-order valence-corrected chi connectivity index (χ1v) is 9.24. The Balaban J connectivity index is 1.62. The zero-order valence-corrected chi connectivity index (χ0v) is 15.3. The second-order valence-corrected chi connectivity index (χ2v) is 6.60. The lowest BCUT2D eigenvalue weighted by Gasteiger charge is -2.19. The van der Waals surface area contributed by atoms with Crippen molar-refractivity contribution in [3.63, 3.8) is 0 Å². The predicted molar refractivity (Wildman–Crippen MR) is 110 cm³/mol. The molecule has 1 aromatic heterocycles. The van der Waals surface area contributed by atoms with Crippen LogP contribution in [0.25, 0.3) is 17.1 Å². The molecule has 6 heteroatoms. The summed E-state index contributed by atoms with van der Waals surface area (Å²) in [7, 11) is 0. The Morgan fingerprint density at radius 1 is 1.04 bits per heavy atom. The van der Waals surface area contributed by atoms with Crippen LogP contribution in [0.2, 0.25) is 0 Å². The molecule has 1 amide bonds. The van der Waals surface area contributed by atoms with Crippen molar-refractivity contribution in [3.05, 3.63) is 65.7 Å². The average molecular weight is 369 g/mol. The van der Waals surface area contributed by atoms with E-state index in [4.69, 9.17) is 10.2 Å². The van der Waals surface area contributed by atoms with E-state index in [0.717, 1.165) is 37.0 Å². The number of fused-ring (bicyclic) bond motifs is 1. The highest BCUT2D eigenvalue weighted by atomic mass is 16.1. The molecule has 1 N–H and O–H groups in total. The number of nitrogens with zero attached hydrogens (tertiary/aromatic N) is 4. The van der Waals surface area contributed by atoms with Crippen molar-refractivity contribution in [2.75, 3.05) is 23.3 Å². The maximum atomic E-state index is 12.5. The van der Waals surface area contributed by atoms with Crippen LogP contribution in [0.3, 0.4) is 0 Å². The molecule has 0 aliphatic carbocycles. The van der Waals surface area contributed by atoms with Crippen molar-refractivity contribution in [2.45, 2.75) is 12.8 Å². The van der Waals surface area contributed by atoms with E-state index < -0.39 is 0 Å². The summed E-state index contributed by atoms with van der Waals surface area (Å²) in [5, 5.41) is 12.0. The summed E-state index contributed by atoms with van der Waals surface area (Å²) in [5.41, 5.74) is 2.76. The van der Waals surface area contributed by atoms with Crippen LogP contribution in [-0.2, 0) is 4.79 Å². The van der Waals surface area contributed by atoms with Gasteiger partial charge in [0.25, 0.3) is 0 Å². The number of nitrogens with one attached hydrogen (secondary N) is 1. The summed E-state index contributed by atoms with van der Waals surface area (Å²) in [4.78, 5) is 24.0. The number of nitriles is 1. The normalized spacial score (nSPS) is 13.8. The lowest BCUT2D eigenvalue weighted by atomic mass is 10.1. The van der Waals surface area contributed by atoms with Crippen LogP contribution in [0.1, 0.15) is 24.0 Å². The van der Waals surface area contributed by atoms with Gasteiger partial charge in [-0.15, -0.1) is 0 Å². The molecule has 1 aliphatic heterocycles. The topological polar surface area (TPSA) is 81.9 Å². The fourth-order valence-electron chi connectivity index (χ4n) is 3.29. The van der Waals surface area contributed by atoms with Crippen molar-refractivity contribution < 1.29 is 4.79 Å². The van der Waals surface area contributed by atoms with Gasteiger partial charge in [0.2, 0.25) is 5.91 Å². The van der Waals surface area contributed by atoms with Crippen LogP contribution >= 0.6 is 0 Å². The average Bonchev–Trinajstić information content (AvgIpc) is 3.26. The van der Waals surface area contributed by atoms with E-state index in [9.17, 15) is 4.79 Å². The number of carbonyl (C=O) groups excluding carboxylic acids is 1. The number of carbonyl (C=O) groups is 1. The number of rotatable bonds is 4. The van der Waals surface area contributed by atoms with E-state index in [1.165, 1.54) is 6.08 Å². The van der Waals surface area contributed by atoms with E-state index in [2.05, 4.69) is 21.3 Å². The van der Waals surface area contributed by atoms with Crippen LogP contribution in [0.4, 0.5) is 11.6 Å². The molecule has 138 valence electrons. The summed E-state index contributed by atoms with van der Waals surface area (Å²) in [6.45, 7) is 1.81. The summed E-state index contributed by atoms with van der Waals surface area (Å²) in [5.74, 6) is 0.858. The highest BCUT2D eigenvalue weighted by Crippen LogP contribution is 2.27. The Labute approximate surface area is 163 Å². The third-order valence-electron chi connectivity index (χ3n) is 4.69. The first kappa shape index (κ1) is 17.7. The molecule has 6 nitrogen and oxygen atoms in total. The van der Waals surface area contributed by atoms with Crippen molar-refractivity contribution in [2.24, 2.45) is 0 Å². The maximum absolute atomic E-state index is 12.5. The van der Waals surface area contributed by atoms with Crippen molar-refractivity contribution in [1.29, 1.82) is 5.26 Å². The minimum Gasteiger partial charge on any atom is -0.354 e. The molecule has 0 unspecified atom stereocenters. The van der Waals surface area contributed by atoms with E-state index in [-0.39, 0.29) is 5.91 Å². The molecule has 1 saturated heterocycles. The SMILES string of the molecule is N#Cc1ccccc1C=CC(=O)Nc1nc2ccccc2nc1N1CCCC1. The predicted octanol–water partition coefficient (Wildman–Crippen LogP) is 3.75. The number of anilines is 2. The van der Waals surface area contributed by atoms with E-state index >= 15 is 0 Å². The van der Waals surface area contributed by atoms with Crippen LogP contribution in [0, 0.1) is 11.3 Å². The first-order valence-electron chi connectivity index (χ1n) is 9.24. The fourth-order valence-corrected chi connectivity index (χ4v) is 3.29. The molecule has 0 spiro atoms. The molecule has 0 bridgehead atoms. The molecule has 2 aromatic carbocycles. The van der Waals surface area contributed by atoms with Gasteiger partial charge in [0.1, 0.15) is 0 Å². The van der Waals surface area contributed by atoms with Crippen LogP contribution in [-0.4, -0.2) is 29.0 Å². The number of benzene rings is 2. The number of para-hydroxylation sites is 2. The highest BCUT2D eigenvalue weighted by molar-refractivity contribution is 6.03. The van der Waals surface area contributed by atoms with Gasteiger partial charge in [-0.3, -0.25) is 4.79 Å². The third-order valence-corrected chi connectivity index (χ3v) is 4.69. The molecule has 3 aromatic rings. The lowest BCUT2D eigenvalue weighted by Crippen LogP contribution is -2.22. The van der Waals surface area contributed by atoms with Crippen LogP contribution in [0.5, 0.6) is 0 Å². The summed E-state index contributed by atoms with van der Waals surface area (Å²) < 4.78 is 0. The molecule has 1 aliphatic rings. The zero-order chi connectivity index (χ0) is 19.3. The van der Waals surface area contributed by atoms with Crippen molar-refractivity contribution in [1.82, 2.24) is 9.97 Å². The standard InChI is InChI=1S/C22H19N5O/c23-15-17-8-2-1-7-16(17)11-12-20(28)26-21-22(27-13-5-6-14-27)25-19-10-4-3-9-18(19)24-21/h1-4,7-12H,5-6,13-14H2,(H,24,26,28). The zero-order valence-electron chi connectivity index (χ0n) is 15.3. The summed E-state index contributed by atoms with van der Waals surface area (Å²) >= 11 is 0. The summed E-state index contributed by atoms with van der Waals surface area (Å²) in [6.07, 6.45) is 5.26. The van der Waals surface area contributed by atoms with Gasteiger partial charge >= 0.3 is 0 Å². The molecule has 4 rings (SSSR count). The van der Waals surface area contributed by atoms with Gasteiger partial charge in [-0.05, 0) is 42.7 Å². The number of hydrogen-bond acceptors (Lipinski definition) is 5. The second-order valence-electron chi connectivity index (χ2n) is 6.60. The highest BCUT2D eigenvalue weighted by Gasteiger charge is 2.20. The minimum atomic E-state index is -0.308. The Morgan fingerprint density at radius 2 is 1.71 bits per heavy atom. The molecule has 0 saturated carbocycles. The Hall–Kier alpha value is -3.72. The van der Waals surface area contributed by atoms with Crippen LogP contribution < -0.4 is 10.2 Å². The minimum absolute atomic E-state index is 0.308. The Morgan fingerprint density at radius 3 is 2.46 bits per heavy atom. The maximum Gasteiger partial charge on any atom is 0.249 e. The number of amides is 1. The smallest absolute Gasteiger partial charge is 0.249 e. The largest absolute Gasteiger partial charge is 0.354 e. The third kappa shape index (κ3) is 3.69. The second kappa shape index (κ2) is 7.89. The molecular weight excluding hydrogens is 350 g/mol. The lowest BCUT2D eigenvalue weighted by molar-refractivity contribution is -0.111. The monoisotopic (exact) mass is 369 g/mol. The molecule has 0 radical (unpaired) electrons. The molecular formula is C22H19N5O. The molecule has 2 heterocycles. The van der Waals surface area contributed by atoms with Gasteiger partial charge in [0.05, 0.1) is 22.7 Å². The molecule has 28 heavy (non-hydrogen) atoms. The molecule has 0 atom stereocenters. The van der Waals surface area contributed by atoms with Crippen molar-refractivity contribution in [3.8, 4) is 6.07 Å². The van der Waals surface area contributed by atoms with E-state index in [0.29, 0.717) is 22.8 Å². The van der Waals surface area contributed by atoms with E-state index in [1.807, 2.05) is 30.3 Å². The van der Waals surface area contributed by atoms with Gasteiger partial charge in [-0.1, -0.05) is 30.3 Å². The van der Waals surface area contributed by atoms with E-state index in [1.54, 1.807) is 24.3 Å². The van der Waals surface area contributed by atoms with Gasteiger partial charge in [-0.25, -0.2) is 9.97 Å². The molecule has 1 fully saturated rings. The Bertz CT molecular complexity index is 1090. The van der Waals surface area contributed by atoms with Gasteiger partial charge in [0, 0.05) is 19.2 Å². The van der Waals surface area contributed by atoms with Gasteiger partial charge in [0.15, 0.2) is 11.6 Å². The van der Waals surface area contributed by atoms with Crippen molar-refractivity contribution >= 4 is 34.7 Å². The number of aromatic nitrogens is 2. The fraction of sp³-hybridized carbons (Fsp3) is 0.182. The van der Waals surface area contributed by atoms with Gasteiger partial charge in [-0.2, -0.15) is 5.26 Å². The quantitative estimate of drug-likeness (QED) is 0.708. The Kier molecular flexibility index (Phi) is 4.98. The number of hydrogen-bond donors (Lipinski definition) is 1. The van der Waals surface area contributed by atoms with Gasteiger partial charge < -0.3 is 10.2 Å². The first-order chi connectivity index (χ1) is 13.7. The van der Waals surface area contributed by atoms with Crippen LogP contribution in [0.15, 0.2) is 54.6 Å².